The molecular formula is C25H15Cl2F3N4O2. The highest BCUT2D eigenvalue weighted by Crippen LogP contribution is 2.57. The summed E-state index contributed by atoms with van der Waals surface area (Å²) < 4.78 is 45.2. The fraction of sp³-hybridized carbons (Fsp3) is 0.160. The van der Waals surface area contributed by atoms with Crippen LogP contribution in [-0.4, -0.2) is 22.9 Å². The molecule has 0 radical (unpaired) electrons. The molecule has 2 amide bonds. The molecule has 0 aliphatic carbocycles. The highest BCUT2D eigenvalue weighted by atomic mass is 35.5. The van der Waals surface area contributed by atoms with E-state index >= 15 is 13.2 Å². The zero-order chi connectivity index (χ0) is 26.5. The largest absolute Gasteiger partial charge is 0.416 e. The number of amides is 2. The number of hydrogen-bond donors (Lipinski definition) is 1. The van der Waals surface area contributed by atoms with Gasteiger partial charge in [-0.1, -0.05) is 23.2 Å². The summed E-state index contributed by atoms with van der Waals surface area (Å²) in [6.07, 6.45) is -5.21. The minimum atomic E-state index is -5.21. The second-order valence-electron chi connectivity index (χ2n) is 8.17. The molecule has 1 N–H and O–H groups in total. The van der Waals surface area contributed by atoms with Crippen LogP contribution in [0.4, 0.5) is 29.3 Å². The number of benzene rings is 3. The number of halogens is 5. The number of rotatable bonds is 3. The van der Waals surface area contributed by atoms with Crippen LogP contribution >= 0.6 is 23.2 Å². The van der Waals surface area contributed by atoms with Crippen molar-refractivity contribution in [2.45, 2.75) is 24.4 Å². The molecule has 36 heavy (non-hydrogen) atoms. The van der Waals surface area contributed by atoms with Gasteiger partial charge in [-0.2, -0.15) is 23.7 Å². The average molecular weight is 531 g/mol. The number of aliphatic hydroxyl groups is 1. The number of nitrogens with zero attached hydrogens (tertiary/aromatic N) is 4. The molecule has 3 aromatic rings. The van der Waals surface area contributed by atoms with Crippen LogP contribution in [0, 0.1) is 22.7 Å². The summed E-state index contributed by atoms with van der Waals surface area (Å²) in [6.45, 7) is 0.681. The van der Waals surface area contributed by atoms with Crippen LogP contribution in [0.1, 0.15) is 23.6 Å². The molecular weight excluding hydrogens is 516 g/mol. The maximum Gasteiger partial charge on any atom is 0.416 e. The summed E-state index contributed by atoms with van der Waals surface area (Å²) in [4.78, 5) is 14.9. The van der Waals surface area contributed by atoms with Crippen LogP contribution in [0.3, 0.4) is 0 Å². The Kier molecular flexibility index (Phi) is 6.14. The zero-order valence-electron chi connectivity index (χ0n) is 18.4. The van der Waals surface area contributed by atoms with E-state index in [-0.39, 0.29) is 32.5 Å². The molecule has 1 saturated heterocycles. The average Bonchev–Trinajstić information content (AvgIpc) is 3.03. The molecule has 2 unspecified atom stereocenters. The smallest absolute Gasteiger partial charge is 0.364 e. The second-order valence-corrected chi connectivity index (χ2v) is 9.04. The van der Waals surface area contributed by atoms with Crippen molar-refractivity contribution < 1.29 is 23.1 Å². The SMILES string of the molecule is CC1(C(F)(F)F)N(c2ccc(Cl)cc2)C(=O)N(c2ccc(Cl)cc2)C1(O)c1cc(C#N)cc(C#N)c1. The fourth-order valence-corrected chi connectivity index (χ4v) is 4.59. The van der Waals surface area contributed by atoms with Crippen molar-refractivity contribution in [3.8, 4) is 12.1 Å². The van der Waals surface area contributed by atoms with Crippen molar-refractivity contribution in [2.75, 3.05) is 9.80 Å². The van der Waals surface area contributed by atoms with Crippen molar-refractivity contribution in [1.82, 2.24) is 0 Å². The second kappa shape index (κ2) is 8.72. The fourth-order valence-electron chi connectivity index (χ4n) is 4.34. The molecule has 3 aromatic carbocycles. The Morgan fingerprint density at radius 1 is 0.833 bits per heavy atom. The van der Waals surface area contributed by atoms with E-state index in [9.17, 15) is 20.4 Å². The van der Waals surface area contributed by atoms with E-state index < -0.39 is 29.0 Å². The predicted octanol–water partition coefficient (Wildman–Crippen LogP) is 6.35. The number of hydrogen-bond acceptors (Lipinski definition) is 4. The van der Waals surface area contributed by atoms with Crippen LogP contribution in [0.25, 0.3) is 0 Å². The van der Waals surface area contributed by atoms with Gasteiger partial charge in [0, 0.05) is 27.0 Å². The van der Waals surface area contributed by atoms with E-state index in [1.165, 1.54) is 48.5 Å². The quantitative estimate of drug-likeness (QED) is 0.427. The van der Waals surface area contributed by atoms with Crippen LogP contribution in [0.5, 0.6) is 0 Å². The summed E-state index contributed by atoms with van der Waals surface area (Å²) in [5.74, 6) is 0. The molecule has 2 atom stereocenters. The van der Waals surface area contributed by atoms with Gasteiger partial charge in [-0.25, -0.2) is 4.79 Å². The van der Waals surface area contributed by atoms with Gasteiger partial charge >= 0.3 is 12.2 Å². The number of alkyl halides is 3. The molecule has 1 aliphatic heterocycles. The molecule has 1 aliphatic rings. The Balaban J connectivity index is 2.13. The first-order chi connectivity index (χ1) is 16.9. The molecule has 0 saturated carbocycles. The van der Waals surface area contributed by atoms with E-state index in [2.05, 4.69) is 0 Å². The molecule has 11 heteroatoms. The topological polar surface area (TPSA) is 91.4 Å². The van der Waals surface area contributed by atoms with Crippen molar-refractivity contribution in [2.24, 2.45) is 0 Å². The van der Waals surface area contributed by atoms with Gasteiger partial charge in [-0.05, 0) is 73.7 Å². The van der Waals surface area contributed by atoms with Crippen LogP contribution in [-0.2, 0) is 5.72 Å². The van der Waals surface area contributed by atoms with Gasteiger partial charge in [0.2, 0.25) is 5.72 Å². The first-order valence-corrected chi connectivity index (χ1v) is 11.0. The number of carbonyl (C=O) groups is 1. The third-order valence-electron chi connectivity index (χ3n) is 6.15. The van der Waals surface area contributed by atoms with Crippen LogP contribution in [0.2, 0.25) is 10.0 Å². The number of anilines is 2. The third-order valence-corrected chi connectivity index (χ3v) is 6.65. The predicted molar refractivity (Wildman–Crippen MR) is 127 cm³/mol. The van der Waals surface area contributed by atoms with Crippen molar-refractivity contribution in [3.05, 3.63) is 93.5 Å². The summed E-state index contributed by atoms with van der Waals surface area (Å²) in [5.41, 5.74) is -7.53. The maximum atomic E-state index is 15.1. The van der Waals surface area contributed by atoms with Gasteiger partial charge in [0.1, 0.15) is 0 Å². The third kappa shape index (κ3) is 3.64. The maximum absolute atomic E-state index is 15.1. The first kappa shape index (κ1) is 25.3. The Labute approximate surface area is 213 Å². The lowest BCUT2D eigenvalue weighted by Gasteiger charge is -2.45. The van der Waals surface area contributed by atoms with Gasteiger partial charge in [-0.15, -0.1) is 0 Å². The molecule has 0 bridgehead atoms. The Morgan fingerprint density at radius 3 is 1.64 bits per heavy atom. The Morgan fingerprint density at radius 2 is 1.25 bits per heavy atom. The van der Waals surface area contributed by atoms with E-state index in [0.717, 1.165) is 18.2 Å². The van der Waals surface area contributed by atoms with Gasteiger partial charge in [0.15, 0.2) is 5.54 Å². The van der Waals surface area contributed by atoms with Crippen LogP contribution in [0.15, 0.2) is 66.7 Å². The molecule has 4 rings (SSSR count). The summed E-state index contributed by atoms with van der Waals surface area (Å²) in [7, 11) is 0. The van der Waals surface area contributed by atoms with Gasteiger partial charge in [0.25, 0.3) is 0 Å². The van der Waals surface area contributed by atoms with E-state index in [1.54, 1.807) is 12.1 Å². The van der Waals surface area contributed by atoms with E-state index in [4.69, 9.17) is 23.2 Å². The molecule has 0 aromatic heterocycles. The standard InChI is InChI=1S/C25H15Cl2F3N4O2/c1-23(25(28,29)30)24(36,17-11-15(13-31)10-16(12-17)14-32)34(21-8-4-19(27)5-9-21)22(35)33(23)20-6-2-18(26)3-7-20/h2-12,36H,1H3. The number of nitriles is 2. The van der Waals surface area contributed by atoms with E-state index in [1.807, 2.05) is 0 Å². The van der Waals surface area contributed by atoms with Crippen molar-refractivity contribution in [3.63, 3.8) is 0 Å². The number of carbonyl (C=O) groups excluding carboxylic acids is 1. The number of urea groups is 1. The van der Waals surface area contributed by atoms with Gasteiger partial charge in [0.05, 0.1) is 23.3 Å². The molecule has 1 fully saturated rings. The summed E-state index contributed by atoms with van der Waals surface area (Å²) in [6, 6.07) is 15.9. The Hall–Kier alpha value is -3.76. The zero-order valence-corrected chi connectivity index (χ0v) is 19.9. The molecule has 0 spiro atoms. The monoisotopic (exact) mass is 530 g/mol. The lowest BCUT2D eigenvalue weighted by Crippen LogP contribution is -2.66. The van der Waals surface area contributed by atoms with Crippen molar-refractivity contribution in [1.29, 1.82) is 10.5 Å². The van der Waals surface area contributed by atoms with E-state index in [0.29, 0.717) is 16.7 Å². The van der Waals surface area contributed by atoms with Gasteiger partial charge in [-0.3, -0.25) is 9.80 Å². The molecule has 182 valence electrons. The molecule has 6 nitrogen and oxygen atoms in total. The highest BCUT2D eigenvalue weighted by Gasteiger charge is 2.77. The lowest BCUT2D eigenvalue weighted by atomic mass is 9.80. The minimum absolute atomic E-state index is 0.0975. The molecule has 1 heterocycles. The Bertz CT molecular complexity index is 1400. The lowest BCUT2D eigenvalue weighted by molar-refractivity contribution is -0.227. The van der Waals surface area contributed by atoms with Crippen LogP contribution < -0.4 is 9.80 Å². The van der Waals surface area contributed by atoms with Crippen molar-refractivity contribution >= 4 is 40.6 Å². The highest BCUT2D eigenvalue weighted by molar-refractivity contribution is 6.31. The minimum Gasteiger partial charge on any atom is -0.364 e. The normalized spacial score (nSPS) is 21.9. The van der Waals surface area contributed by atoms with Gasteiger partial charge < -0.3 is 5.11 Å². The summed E-state index contributed by atoms with van der Waals surface area (Å²) in [5, 5.41) is 31.5. The summed E-state index contributed by atoms with van der Waals surface area (Å²) >= 11 is 11.9. The first-order valence-electron chi connectivity index (χ1n) is 10.3.